The largest absolute Gasteiger partial charge is 0.397 e. The summed E-state index contributed by atoms with van der Waals surface area (Å²) < 4.78 is 27.6. The highest BCUT2D eigenvalue weighted by molar-refractivity contribution is 7.92. The zero-order valence-corrected chi connectivity index (χ0v) is 19.3. The van der Waals surface area contributed by atoms with E-state index in [1.54, 1.807) is 18.2 Å². The van der Waals surface area contributed by atoms with Crippen LogP contribution in [0, 0.1) is 0 Å². The Morgan fingerprint density at radius 1 is 0.882 bits per heavy atom. The summed E-state index contributed by atoms with van der Waals surface area (Å²) in [4.78, 5) is 22.9. The standard InChI is InChI=1S/C25H18N4O3S2/c26-22-19-13-14-20(16-6-2-1-3-7-16)28-25(19)33-24(22)23(30)17-9-11-18(12-10-17)34(31,32)29-21-8-4-5-15-27-21/h1-15H,26H2,(H,27,29). The van der Waals surface area contributed by atoms with E-state index in [9.17, 15) is 13.2 Å². The minimum atomic E-state index is -3.84. The van der Waals surface area contributed by atoms with E-state index in [4.69, 9.17) is 5.73 Å². The van der Waals surface area contributed by atoms with Crippen LogP contribution in [0.25, 0.3) is 21.5 Å². The average Bonchev–Trinajstić information content (AvgIpc) is 3.20. The summed E-state index contributed by atoms with van der Waals surface area (Å²) in [5.74, 6) is -0.0773. The fourth-order valence-corrected chi connectivity index (χ4v) is 5.54. The Bertz CT molecular complexity index is 1600. The molecule has 0 radical (unpaired) electrons. The van der Waals surface area contributed by atoms with Gasteiger partial charge in [-0.1, -0.05) is 36.4 Å². The van der Waals surface area contributed by atoms with Crippen molar-refractivity contribution in [2.75, 3.05) is 10.5 Å². The van der Waals surface area contributed by atoms with Crippen molar-refractivity contribution in [3.8, 4) is 11.3 Å². The fraction of sp³-hybridized carbons (Fsp3) is 0. The van der Waals surface area contributed by atoms with Crippen LogP contribution in [0.1, 0.15) is 15.2 Å². The van der Waals surface area contributed by atoms with Crippen molar-refractivity contribution >= 4 is 48.9 Å². The van der Waals surface area contributed by atoms with Gasteiger partial charge in [0.15, 0.2) is 0 Å². The zero-order chi connectivity index (χ0) is 23.7. The molecule has 0 aliphatic heterocycles. The number of pyridine rings is 2. The number of nitrogens with zero attached hydrogens (tertiary/aromatic N) is 2. The van der Waals surface area contributed by atoms with Crippen molar-refractivity contribution in [3.05, 3.63) is 102 Å². The average molecular weight is 487 g/mol. The first-order valence-electron chi connectivity index (χ1n) is 10.3. The minimum Gasteiger partial charge on any atom is -0.397 e. The van der Waals surface area contributed by atoms with Gasteiger partial charge in [0, 0.05) is 22.7 Å². The van der Waals surface area contributed by atoms with E-state index in [-0.39, 0.29) is 16.5 Å². The maximum absolute atomic E-state index is 13.2. The summed E-state index contributed by atoms with van der Waals surface area (Å²) in [7, 11) is -3.84. The third kappa shape index (κ3) is 4.14. The smallest absolute Gasteiger partial charge is 0.263 e. The highest BCUT2D eigenvalue weighted by Crippen LogP contribution is 2.35. The molecule has 0 spiro atoms. The van der Waals surface area contributed by atoms with Crippen LogP contribution in [0.3, 0.4) is 0 Å². The number of carbonyl (C=O) groups is 1. The molecule has 3 N–H and O–H groups in total. The quantitative estimate of drug-likeness (QED) is 0.327. The van der Waals surface area contributed by atoms with Gasteiger partial charge in [0.05, 0.1) is 16.3 Å². The fourth-order valence-electron chi connectivity index (χ4n) is 3.47. The van der Waals surface area contributed by atoms with Gasteiger partial charge in [0.1, 0.15) is 15.5 Å². The number of fused-ring (bicyclic) bond motifs is 1. The molecule has 0 fully saturated rings. The molecule has 0 saturated heterocycles. The van der Waals surface area contributed by atoms with Crippen LogP contribution < -0.4 is 10.5 Å². The van der Waals surface area contributed by atoms with Gasteiger partial charge in [-0.15, -0.1) is 11.3 Å². The van der Waals surface area contributed by atoms with Crippen molar-refractivity contribution < 1.29 is 13.2 Å². The lowest BCUT2D eigenvalue weighted by Gasteiger charge is -2.07. The molecule has 0 amide bonds. The third-order valence-corrected chi connectivity index (χ3v) is 7.68. The molecule has 9 heteroatoms. The van der Waals surface area contributed by atoms with Crippen LogP contribution in [0.5, 0.6) is 0 Å². The Morgan fingerprint density at radius 2 is 1.62 bits per heavy atom. The number of benzene rings is 2. The Labute approximate surface area is 200 Å². The monoisotopic (exact) mass is 486 g/mol. The third-order valence-electron chi connectivity index (χ3n) is 5.20. The van der Waals surface area contributed by atoms with Crippen LogP contribution in [-0.4, -0.2) is 24.2 Å². The maximum atomic E-state index is 13.2. The molecule has 34 heavy (non-hydrogen) atoms. The summed E-state index contributed by atoms with van der Waals surface area (Å²) in [6.45, 7) is 0. The Balaban J connectivity index is 1.43. The SMILES string of the molecule is Nc1c(C(=O)c2ccc(S(=O)(=O)Nc3ccccn3)cc2)sc2nc(-c3ccccc3)ccc12. The Morgan fingerprint density at radius 3 is 2.32 bits per heavy atom. The number of hydrogen-bond donors (Lipinski definition) is 2. The highest BCUT2D eigenvalue weighted by Gasteiger charge is 2.21. The molecule has 7 nitrogen and oxygen atoms in total. The first-order valence-corrected chi connectivity index (χ1v) is 12.6. The van der Waals surface area contributed by atoms with Gasteiger partial charge < -0.3 is 5.73 Å². The van der Waals surface area contributed by atoms with Gasteiger partial charge >= 0.3 is 0 Å². The van der Waals surface area contributed by atoms with Crippen LogP contribution in [0.2, 0.25) is 0 Å². The van der Waals surface area contributed by atoms with Gasteiger partial charge in [-0.05, 0) is 48.5 Å². The summed E-state index contributed by atoms with van der Waals surface area (Å²) >= 11 is 1.22. The molecule has 3 aromatic heterocycles. The number of nitrogen functional groups attached to an aromatic ring is 1. The lowest BCUT2D eigenvalue weighted by molar-refractivity contribution is 0.104. The van der Waals surface area contributed by atoms with Crippen LogP contribution >= 0.6 is 11.3 Å². The zero-order valence-electron chi connectivity index (χ0n) is 17.7. The number of sulfonamides is 1. The van der Waals surface area contributed by atoms with Crippen LogP contribution in [0.4, 0.5) is 11.5 Å². The van der Waals surface area contributed by atoms with Gasteiger partial charge in [-0.2, -0.15) is 0 Å². The summed E-state index contributed by atoms with van der Waals surface area (Å²) in [6, 6.07) is 24.1. The normalized spacial score (nSPS) is 11.4. The van der Waals surface area contributed by atoms with E-state index in [1.807, 2.05) is 42.5 Å². The number of thiophene rings is 1. The van der Waals surface area contributed by atoms with Crippen LogP contribution in [0.15, 0.2) is 96.0 Å². The first kappa shape index (κ1) is 21.7. The molecular weight excluding hydrogens is 468 g/mol. The second kappa shape index (κ2) is 8.69. The second-order valence-electron chi connectivity index (χ2n) is 7.43. The van der Waals surface area contributed by atoms with Crippen molar-refractivity contribution in [2.45, 2.75) is 4.90 Å². The lowest BCUT2D eigenvalue weighted by atomic mass is 10.1. The number of ketones is 1. The number of carbonyl (C=O) groups excluding carboxylic acids is 1. The minimum absolute atomic E-state index is 0.0215. The molecule has 0 saturated carbocycles. The number of hydrogen-bond acceptors (Lipinski definition) is 7. The van der Waals surface area contributed by atoms with Crippen molar-refractivity contribution in [1.82, 2.24) is 9.97 Å². The van der Waals surface area contributed by atoms with Crippen molar-refractivity contribution in [2.24, 2.45) is 0 Å². The molecule has 0 aliphatic carbocycles. The number of nitrogens with two attached hydrogens (primary N) is 1. The molecule has 3 heterocycles. The number of anilines is 2. The predicted molar refractivity (Wildman–Crippen MR) is 134 cm³/mol. The first-order chi connectivity index (χ1) is 16.4. The summed E-state index contributed by atoms with van der Waals surface area (Å²) in [5, 5.41) is 0.715. The molecule has 0 atom stereocenters. The second-order valence-corrected chi connectivity index (χ2v) is 10.1. The molecule has 2 aromatic carbocycles. The van der Waals surface area contributed by atoms with Gasteiger partial charge in [0.2, 0.25) is 5.78 Å². The van der Waals surface area contributed by atoms with E-state index < -0.39 is 10.0 Å². The molecule has 168 valence electrons. The predicted octanol–water partition coefficient (Wildman–Crippen LogP) is 4.97. The number of nitrogens with one attached hydrogen (secondary N) is 1. The van der Waals surface area contributed by atoms with E-state index in [1.165, 1.54) is 41.8 Å². The topological polar surface area (TPSA) is 115 Å². The number of aromatic nitrogens is 2. The van der Waals surface area contributed by atoms with E-state index in [0.717, 1.165) is 11.3 Å². The van der Waals surface area contributed by atoms with Gasteiger partial charge in [0.25, 0.3) is 10.0 Å². The van der Waals surface area contributed by atoms with Gasteiger partial charge in [-0.3, -0.25) is 9.52 Å². The summed E-state index contributed by atoms with van der Waals surface area (Å²) in [5.41, 5.74) is 8.75. The van der Waals surface area contributed by atoms with Crippen molar-refractivity contribution in [1.29, 1.82) is 0 Å². The molecule has 0 unspecified atom stereocenters. The molecule has 5 aromatic rings. The molecular formula is C25H18N4O3S2. The van der Waals surface area contributed by atoms with Gasteiger partial charge in [-0.25, -0.2) is 18.4 Å². The summed E-state index contributed by atoms with van der Waals surface area (Å²) in [6.07, 6.45) is 1.49. The molecule has 0 bridgehead atoms. The Kier molecular flexibility index (Phi) is 5.56. The highest BCUT2D eigenvalue weighted by atomic mass is 32.2. The lowest BCUT2D eigenvalue weighted by Crippen LogP contribution is -2.14. The Hall–Kier alpha value is -4.08. The molecule has 0 aliphatic rings. The van der Waals surface area contributed by atoms with E-state index in [2.05, 4.69) is 14.7 Å². The maximum Gasteiger partial charge on any atom is 0.263 e. The van der Waals surface area contributed by atoms with E-state index >= 15 is 0 Å². The van der Waals surface area contributed by atoms with Crippen molar-refractivity contribution in [3.63, 3.8) is 0 Å². The number of rotatable bonds is 6. The molecule has 5 rings (SSSR count). The van der Waals surface area contributed by atoms with Crippen LogP contribution in [-0.2, 0) is 10.0 Å². The van der Waals surface area contributed by atoms with E-state index in [0.29, 0.717) is 26.3 Å².